The van der Waals surface area contributed by atoms with E-state index in [1.807, 2.05) is 0 Å². The standard InChI is InChI=1S/C12H16Cl2N2O3S/c1-16(9-2-4-19-5-3-9)20(17,18)12-10(13)6-8(15)7-11(12)14/h6-7,9H,2-5,15H2,1H3. The Bertz CT molecular complexity index is 578. The third-order valence-electron chi connectivity index (χ3n) is 3.36. The highest BCUT2D eigenvalue weighted by Gasteiger charge is 2.32. The van der Waals surface area contributed by atoms with Gasteiger partial charge >= 0.3 is 0 Å². The molecule has 0 unspecified atom stereocenters. The van der Waals surface area contributed by atoms with Crippen molar-refractivity contribution in [2.75, 3.05) is 26.0 Å². The molecule has 0 bridgehead atoms. The van der Waals surface area contributed by atoms with Gasteiger partial charge < -0.3 is 10.5 Å². The smallest absolute Gasteiger partial charge is 0.246 e. The Morgan fingerprint density at radius 3 is 2.25 bits per heavy atom. The molecule has 0 atom stereocenters. The normalized spacial score (nSPS) is 17.6. The monoisotopic (exact) mass is 338 g/mol. The Hall–Kier alpha value is -0.530. The van der Waals surface area contributed by atoms with Crippen LogP contribution in [0.25, 0.3) is 0 Å². The van der Waals surface area contributed by atoms with Gasteiger partial charge in [-0.3, -0.25) is 0 Å². The Kier molecular flexibility index (Phi) is 4.81. The first-order chi connectivity index (χ1) is 9.34. The lowest BCUT2D eigenvalue weighted by atomic mass is 10.1. The van der Waals surface area contributed by atoms with Crippen LogP contribution >= 0.6 is 23.2 Å². The Morgan fingerprint density at radius 1 is 1.25 bits per heavy atom. The minimum absolute atomic E-state index is 0.0360. The fraction of sp³-hybridized carbons (Fsp3) is 0.500. The molecule has 20 heavy (non-hydrogen) atoms. The molecule has 2 rings (SSSR count). The second-order valence-corrected chi connectivity index (χ2v) is 7.43. The van der Waals surface area contributed by atoms with Crippen LogP contribution in [0.5, 0.6) is 0 Å². The lowest BCUT2D eigenvalue weighted by Crippen LogP contribution is -2.40. The maximum atomic E-state index is 12.7. The largest absolute Gasteiger partial charge is 0.399 e. The van der Waals surface area contributed by atoms with Gasteiger partial charge in [-0.1, -0.05) is 23.2 Å². The van der Waals surface area contributed by atoms with E-state index < -0.39 is 10.0 Å². The molecule has 0 amide bonds. The molecule has 1 saturated heterocycles. The minimum Gasteiger partial charge on any atom is -0.399 e. The molecule has 1 aliphatic rings. The number of anilines is 1. The van der Waals surface area contributed by atoms with E-state index >= 15 is 0 Å². The second-order valence-electron chi connectivity index (χ2n) is 4.68. The fourth-order valence-corrected chi connectivity index (χ4v) is 4.81. The molecule has 1 heterocycles. The first-order valence-corrected chi connectivity index (χ1v) is 8.34. The van der Waals surface area contributed by atoms with Crippen molar-refractivity contribution in [3.05, 3.63) is 22.2 Å². The molecule has 5 nitrogen and oxygen atoms in total. The van der Waals surface area contributed by atoms with Gasteiger partial charge in [0.25, 0.3) is 0 Å². The predicted octanol–water partition coefficient (Wildman–Crippen LogP) is 2.38. The van der Waals surface area contributed by atoms with Crippen LogP contribution < -0.4 is 5.73 Å². The quantitative estimate of drug-likeness (QED) is 0.858. The molecule has 0 aromatic heterocycles. The molecule has 1 aromatic carbocycles. The van der Waals surface area contributed by atoms with E-state index in [-0.39, 0.29) is 21.0 Å². The zero-order valence-corrected chi connectivity index (χ0v) is 13.3. The van der Waals surface area contributed by atoms with Gasteiger partial charge in [-0.2, -0.15) is 4.31 Å². The molecular formula is C12H16Cl2N2O3S. The molecule has 1 fully saturated rings. The first kappa shape index (κ1) is 15.9. The van der Waals surface area contributed by atoms with Gasteiger partial charge in [0, 0.05) is 32.0 Å². The van der Waals surface area contributed by atoms with E-state index in [2.05, 4.69) is 0 Å². The lowest BCUT2D eigenvalue weighted by molar-refractivity contribution is 0.0632. The number of nitrogens with two attached hydrogens (primary N) is 1. The summed E-state index contributed by atoms with van der Waals surface area (Å²) in [5, 5.41) is 0.0721. The third-order valence-corrected chi connectivity index (χ3v) is 6.20. The molecule has 1 aliphatic heterocycles. The van der Waals surface area contributed by atoms with Crippen LogP contribution in [-0.2, 0) is 14.8 Å². The van der Waals surface area contributed by atoms with Gasteiger partial charge in [-0.25, -0.2) is 8.42 Å². The van der Waals surface area contributed by atoms with Gasteiger partial charge in [0.1, 0.15) is 4.90 Å². The van der Waals surface area contributed by atoms with E-state index in [9.17, 15) is 8.42 Å². The van der Waals surface area contributed by atoms with Crippen molar-refractivity contribution < 1.29 is 13.2 Å². The van der Waals surface area contributed by atoms with E-state index in [1.54, 1.807) is 0 Å². The number of ether oxygens (including phenoxy) is 1. The van der Waals surface area contributed by atoms with Crippen molar-refractivity contribution in [3.63, 3.8) is 0 Å². The number of sulfonamides is 1. The topological polar surface area (TPSA) is 72.6 Å². The molecule has 1 aromatic rings. The number of nitrogen functional groups attached to an aromatic ring is 1. The summed E-state index contributed by atoms with van der Waals surface area (Å²) < 4.78 is 31.9. The van der Waals surface area contributed by atoms with Crippen LogP contribution in [0.4, 0.5) is 5.69 Å². The summed E-state index contributed by atoms with van der Waals surface area (Å²) in [5.74, 6) is 0. The van der Waals surface area contributed by atoms with Crippen molar-refractivity contribution >= 4 is 38.9 Å². The summed E-state index contributed by atoms with van der Waals surface area (Å²) in [6.07, 6.45) is 1.31. The van der Waals surface area contributed by atoms with E-state index in [0.29, 0.717) is 31.7 Å². The first-order valence-electron chi connectivity index (χ1n) is 6.14. The van der Waals surface area contributed by atoms with Crippen molar-refractivity contribution in [1.29, 1.82) is 0 Å². The predicted molar refractivity (Wildman–Crippen MR) is 79.7 cm³/mol. The third kappa shape index (κ3) is 3.04. The SMILES string of the molecule is CN(C1CCOCC1)S(=O)(=O)c1c(Cl)cc(N)cc1Cl. The average molecular weight is 339 g/mol. The summed E-state index contributed by atoms with van der Waals surface area (Å²) in [6, 6.07) is 2.66. The van der Waals surface area contributed by atoms with Crippen molar-refractivity contribution in [2.45, 2.75) is 23.8 Å². The van der Waals surface area contributed by atoms with E-state index in [4.69, 9.17) is 33.7 Å². The van der Waals surface area contributed by atoms with E-state index in [1.165, 1.54) is 23.5 Å². The zero-order valence-electron chi connectivity index (χ0n) is 11.0. The Balaban J connectivity index is 2.39. The Labute approximate surface area is 128 Å². The van der Waals surface area contributed by atoms with Crippen LogP contribution in [0.2, 0.25) is 10.0 Å². The summed E-state index contributed by atoms with van der Waals surface area (Å²) in [5.41, 5.74) is 5.92. The molecular weight excluding hydrogens is 323 g/mol. The van der Waals surface area contributed by atoms with Crippen LogP contribution in [0.15, 0.2) is 17.0 Å². The number of hydrogen-bond acceptors (Lipinski definition) is 4. The van der Waals surface area contributed by atoms with Gasteiger partial charge in [-0.15, -0.1) is 0 Å². The maximum absolute atomic E-state index is 12.7. The summed E-state index contributed by atoms with van der Waals surface area (Å²) >= 11 is 12.0. The van der Waals surface area contributed by atoms with Gasteiger partial charge in [-0.05, 0) is 25.0 Å². The average Bonchev–Trinajstić information content (AvgIpc) is 2.37. The van der Waals surface area contributed by atoms with Gasteiger partial charge in [0.2, 0.25) is 10.0 Å². The molecule has 0 saturated carbocycles. The Morgan fingerprint density at radius 2 is 1.75 bits per heavy atom. The van der Waals surface area contributed by atoms with Gasteiger partial charge in [0.05, 0.1) is 10.0 Å². The maximum Gasteiger partial charge on any atom is 0.246 e. The summed E-state index contributed by atoms with van der Waals surface area (Å²) in [7, 11) is -2.22. The van der Waals surface area contributed by atoms with Crippen molar-refractivity contribution in [3.8, 4) is 0 Å². The van der Waals surface area contributed by atoms with E-state index in [0.717, 1.165) is 0 Å². The highest BCUT2D eigenvalue weighted by Crippen LogP contribution is 2.34. The minimum atomic E-state index is -3.76. The highest BCUT2D eigenvalue weighted by atomic mass is 35.5. The molecule has 0 aliphatic carbocycles. The van der Waals surface area contributed by atoms with Gasteiger partial charge in [0.15, 0.2) is 0 Å². The molecule has 2 N–H and O–H groups in total. The number of nitrogens with zero attached hydrogens (tertiary/aromatic N) is 1. The zero-order chi connectivity index (χ0) is 14.9. The van der Waals surface area contributed by atoms with Crippen LogP contribution in [0.3, 0.4) is 0 Å². The van der Waals surface area contributed by atoms with Crippen molar-refractivity contribution in [1.82, 2.24) is 4.31 Å². The van der Waals surface area contributed by atoms with Crippen LogP contribution in [0.1, 0.15) is 12.8 Å². The van der Waals surface area contributed by atoms with Crippen LogP contribution in [0, 0.1) is 0 Å². The number of benzene rings is 1. The number of halogens is 2. The summed E-state index contributed by atoms with van der Waals surface area (Å²) in [6.45, 7) is 1.10. The highest BCUT2D eigenvalue weighted by molar-refractivity contribution is 7.89. The second kappa shape index (κ2) is 6.07. The fourth-order valence-electron chi connectivity index (χ4n) is 2.21. The molecule has 0 spiro atoms. The number of hydrogen-bond donors (Lipinski definition) is 1. The summed E-state index contributed by atoms with van der Waals surface area (Å²) in [4.78, 5) is -0.0935. The molecule has 0 radical (unpaired) electrons. The molecule has 112 valence electrons. The van der Waals surface area contributed by atoms with Crippen molar-refractivity contribution in [2.24, 2.45) is 0 Å². The number of rotatable bonds is 3. The lowest BCUT2D eigenvalue weighted by Gasteiger charge is -2.30. The van der Waals surface area contributed by atoms with Crippen LogP contribution in [-0.4, -0.2) is 39.0 Å². The molecule has 8 heteroatoms.